The zero-order valence-corrected chi connectivity index (χ0v) is 10.00. The van der Waals surface area contributed by atoms with Gasteiger partial charge in [-0.2, -0.15) is 0 Å². The van der Waals surface area contributed by atoms with Gasteiger partial charge >= 0.3 is 0 Å². The number of benzene rings is 1. The predicted octanol–water partition coefficient (Wildman–Crippen LogP) is 3.24. The van der Waals surface area contributed by atoms with E-state index in [4.69, 9.17) is 5.41 Å². The Labute approximate surface area is 95.0 Å². The number of nitro benzene ring substituents is 1. The third-order valence-electron chi connectivity index (χ3n) is 2.69. The Hall–Kier alpha value is -1.71. The van der Waals surface area contributed by atoms with Crippen molar-refractivity contribution in [3.63, 3.8) is 0 Å². The van der Waals surface area contributed by atoms with Gasteiger partial charge in [0.1, 0.15) is 0 Å². The van der Waals surface area contributed by atoms with E-state index in [1.54, 1.807) is 13.0 Å². The first-order valence-corrected chi connectivity index (χ1v) is 5.19. The Morgan fingerprint density at radius 3 is 2.38 bits per heavy atom. The van der Waals surface area contributed by atoms with Gasteiger partial charge in [-0.1, -0.05) is 19.9 Å². The van der Waals surface area contributed by atoms with Crippen LogP contribution in [0.4, 0.5) is 5.69 Å². The topological polar surface area (TPSA) is 67.0 Å². The van der Waals surface area contributed by atoms with Crippen molar-refractivity contribution in [1.82, 2.24) is 0 Å². The van der Waals surface area contributed by atoms with E-state index in [9.17, 15) is 10.1 Å². The molecule has 0 saturated heterocycles. The fourth-order valence-electron chi connectivity index (χ4n) is 1.74. The Morgan fingerprint density at radius 2 is 1.94 bits per heavy atom. The maximum atomic E-state index is 10.8. The van der Waals surface area contributed by atoms with E-state index >= 15 is 0 Å². The summed E-state index contributed by atoms with van der Waals surface area (Å²) in [6, 6.07) is 3.21. The fourth-order valence-corrected chi connectivity index (χ4v) is 1.74. The molecule has 1 aromatic carbocycles. The average molecular weight is 220 g/mol. The van der Waals surface area contributed by atoms with Gasteiger partial charge in [-0.3, -0.25) is 10.1 Å². The summed E-state index contributed by atoms with van der Waals surface area (Å²) < 4.78 is 0. The summed E-state index contributed by atoms with van der Waals surface area (Å²) in [6.45, 7) is 7.42. The monoisotopic (exact) mass is 220 g/mol. The largest absolute Gasteiger partial charge is 0.304 e. The molecule has 0 amide bonds. The van der Waals surface area contributed by atoms with Crippen LogP contribution in [0.5, 0.6) is 0 Å². The number of nitrogens with one attached hydrogen (secondary N) is 1. The molecule has 0 fully saturated rings. The first kappa shape index (κ1) is 12.4. The van der Waals surface area contributed by atoms with E-state index in [0.29, 0.717) is 16.8 Å². The van der Waals surface area contributed by atoms with Gasteiger partial charge in [0.15, 0.2) is 0 Å². The van der Waals surface area contributed by atoms with E-state index in [0.717, 1.165) is 5.56 Å². The van der Waals surface area contributed by atoms with Crippen LogP contribution in [0, 0.1) is 35.3 Å². The molecule has 1 rings (SSSR count). The standard InChI is InChI=1S/C12H16N2O2/c1-7(2)12(13)11-8(3)5-6-10(9(11)4)14(15)16/h5-7,13H,1-4H3. The molecule has 0 saturated carbocycles. The first-order valence-electron chi connectivity index (χ1n) is 5.19. The molecule has 0 aliphatic carbocycles. The molecule has 0 aromatic heterocycles. The van der Waals surface area contributed by atoms with Crippen LogP contribution in [-0.4, -0.2) is 10.6 Å². The SMILES string of the molecule is Cc1ccc([N+](=O)[O-])c(C)c1C(=N)C(C)C. The summed E-state index contributed by atoms with van der Waals surface area (Å²) in [4.78, 5) is 10.4. The highest BCUT2D eigenvalue weighted by Gasteiger charge is 2.19. The second-order valence-electron chi connectivity index (χ2n) is 4.23. The number of rotatable bonds is 3. The number of nitrogens with zero attached hydrogens (tertiary/aromatic N) is 1. The molecule has 1 aromatic rings. The van der Waals surface area contributed by atoms with E-state index < -0.39 is 4.92 Å². The highest BCUT2D eigenvalue weighted by Crippen LogP contribution is 2.26. The quantitative estimate of drug-likeness (QED) is 0.482. The molecule has 0 aliphatic rings. The second-order valence-corrected chi connectivity index (χ2v) is 4.23. The van der Waals surface area contributed by atoms with E-state index in [1.165, 1.54) is 6.07 Å². The number of hydrogen-bond acceptors (Lipinski definition) is 3. The van der Waals surface area contributed by atoms with Gasteiger partial charge < -0.3 is 5.41 Å². The van der Waals surface area contributed by atoms with E-state index in [-0.39, 0.29) is 11.6 Å². The van der Waals surface area contributed by atoms with Crippen LogP contribution >= 0.6 is 0 Å². The average Bonchev–Trinajstić information content (AvgIpc) is 2.16. The van der Waals surface area contributed by atoms with Gasteiger partial charge in [-0.25, -0.2) is 0 Å². The zero-order chi connectivity index (χ0) is 12.5. The summed E-state index contributed by atoms with van der Waals surface area (Å²) in [5.41, 5.74) is 2.76. The Morgan fingerprint density at radius 1 is 1.38 bits per heavy atom. The lowest BCUT2D eigenvalue weighted by Crippen LogP contribution is -2.12. The van der Waals surface area contributed by atoms with Gasteiger partial charge in [0, 0.05) is 22.9 Å². The third-order valence-corrected chi connectivity index (χ3v) is 2.69. The van der Waals surface area contributed by atoms with Crippen LogP contribution in [0.1, 0.15) is 30.5 Å². The minimum absolute atomic E-state index is 0.0689. The number of nitro groups is 1. The normalized spacial score (nSPS) is 10.6. The van der Waals surface area contributed by atoms with Gasteiger partial charge in [-0.15, -0.1) is 0 Å². The minimum atomic E-state index is -0.397. The first-order chi connectivity index (χ1) is 7.36. The minimum Gasteiger partial charge on any atom is -0.304 e. The molecule has 0 spiro atoms. The molecule has 0 bridgehead atoms. The predicted molar refractivity (Wildman–Crippen MR) is 64.2 cm³/mol. The van der Waals surface area contributed by atoms with Crippen LogP contribution in [0.2, 0.25) is 0 Å². The second kappa shape index (κ2) is 4.43. The molecule has 86 valence electrons. The molecule has 16 heavy (non-hydrogen) atoms. The van der Waals surface area contributed by atoms with E-state index in [2.05, 4.69) is 0 Å². The molecular weight excluding hydrogens is 204 g/mol. The number of hydrogen-bond donors (Lipinski definition) is 1. The number of aryl methyl sites for hydroxylation is 1. The Kier molecular flexibility index (Phi) is 3.42. The molecule has 4 heteroatoms. The highest BCUT2D eigenvalue weighted by molar-refractivity contribution is 6.02. The van der Waals surface area contributed by atoms with Crippen molar-refractivity contribution >= 4 is 11.4 Å². The van der Waals surface area contributed by atoms with Crippen LogP contribution < -0.4 is 0 Å². The van der Waals surface area contributed by atoms with Crippen LogP contribution in [-0.2, 0) is 0 Å². The molecular formula is C12H16N2O2. The lowest BCUT2D eigenvalue weighted by molar-refractivity contribution is -0.385. The van der Waals surface area contributed by atoms with Crippen LogP contribution in [0.25, 0.3) is 0 Å². The van der Waals surface area contributed by atoms with Crippen LogP contribution in [0.15, 0.2) is 12.1 Å². The van der Waals surface area contributed by atoms with Gasteiger partial charge in [-0.05, 0) is 25.3 Å². The smallest absolute Gasteiger partial charge is 0.272 e. The molecule has 0 unspecified atom stereocenters. The van der Waals surface area contributed by atoms with Crippen molar-refractivity contribution in [2.45, 2.75) is 27.7 Å². The lowest BCUT2D eigenvalue weighted by Gasteiger charge is -2.13. The van der Waals surface area contributed by atoms with Crippen molar-refractivity contribution in [2.75, 3.05) is 0 Å². The molecule has 4 nitrogen and oxygen atoms in total. The molecule has 0 heterocycles. The van der Waals surface area contributed by atoms with Gasteiger partial charge in [0.2, 0.25) is 0 Å². The maximum Gasteiger partial charge on any atom is 0.272 e. The van der Waals surface area contributed by atoms with Gasteiger partial charge in [0.05, 0.1) is 4.92 Å². The highest BCUT2D eigenvalue weighted by atomic mass is 16.6. The lowest BCUT2D eigenvalue weighted by atomic mass is 9.91. The summed E-state index contributed by atoms with van der Waals surface area (Å²) in [5.74, 6) is 0.0689. The van der Waals surface area contributed by atoms with Crippen LogP contribution in [0.3, 0.4) is 0 Å². The van der Waals surface area contributed by atoms with Crippen molar-refractivity contribution in [3.8, 4) is 0 Å². The van der Waals surface area contributed by atoms with Crippen molar-refractivity contribution in [2.24, 2.45) is 5.92 Å². The summed E-state index contributed by atoms with van der Waals surface area (Å²) in [5, 5.41) is 18.8. The van der Waals surface area contributed by atoms with Crippen molar-refractivity contribution in [3.05, 3.63) is 38.9 Å². The zero-order valence-electron chi connectivity index (χ0n) is 10.00. The molecule has 0 radical (unpaired) electrons. The van der Waals surface area contributed by atoms with Gasteiger partial charge in [0.25, 0.3) is 5.69 Å². The maximum absolute atomic E-state index is 10.8. The van der Waals surface area contributed by atoms with Crippen molar-refractivity contribution < 1.29 is 4.92 Å². The summed E-state index contributed by atoms with van der Waals surface area (Å²) in [7, 11) is 0. The Balaban J connectivity index is 3.43. The third kappa shape index (κ3) is 2.10. The molecule has 0 aliphatic heterocycles. The van der Waals surface area contributed by atoms with Crippen molar-refractivity contribution in [1.29, 1.82) is 5.41 Å². The summed E-state index contributed by atoms with van der Waals surface area (Å²) >= 11 is 0. The summed E-state index contributed by atoms with van der Waals surface area (Å²) in [6.07, 6.45) is 0. The fraction of sp³-hybridized carbons (Fsp3) is 0.417. The molecule has 1 N–H and O–H groups in total. The molecule has 0 atom stereocenters. The Bertz CT molecular complexity index is 451. The van der Waals surface area contributed by atoms with E-state index in [1.807, 2.05) is 20.8 Å².